The maximum atomic E-state index is 12.4. The molecule has 0 spiro atoms. The summed E-state index contributed by atoms with van der Waals surface area (Å²) in [6.45, 7) is 3.94. The number of rotatable bonds is 5. The highest BCUT2D eigenvalue weighted by molar-refractivity contribution is 6.19. The first-order valence-electron chi connectivity index (χ1n) is 7.91. The average molecular weight is 332 g/mol. The van der Waals surface area contributed by atoms with Crippen molar-refractivity contribution in [2.45, 2.75) is 12.5 Å². The molecule has 1 aromatic rings. The van der Waals surface area contributed by atoms with Crippen LogP contribution < -0.4 is 10.6 Å². The molecule has 1 atom stereocenters. The number of likely N-dealkylation sites (N-methyl/N-ethyl adjacent to an activating group) is 2. The lowest BCUT2D eigenvalue weighted by Crippen LogP contribution is -2.58. The Bertz CT molecular complexity index is 623. The van der Waals surface area contributed by atoms with Crippen LogP contribution in [0.3, 0.4) is 0 Å². The summed E-state index contributed by atoms with van der Waals surface area (Å²) in [5, 5.41) is 13.8. The van der Waals surface area contributed by atoms with Crippen LogP contribution in [0, 0.1) is 5.41 Å². The zero-order chi connectivity index (χ0) is 17.7. The lowest BCUT2D eigenvalue weighted by atomic mass is 9.89. The van der Waals surface area contributed by atoms with Crippen molar-refractivity contribution < 1.29 is 14.3 Å². The Morgan fingerprint density at radius 1 is 1.12 bits per heavy atom. The van der Waals surface area contributed by atoms with Gasteiger partial charge in [-0.1, -0.05) is 12.1 Å². The largest absolute Gasteiger partial charge is 0.378 e. The minimum atomic E-state index is -1.13. The van der Waals surface area contributed by atoms with E-state index in [1.807, 2.05) is 0 Å². The van der Waals surface area contributed by atoms with Crippen LogP contribution in [-0.4, -0.2) is 68.4 Å². The van der Waals surface area contributed by atoms with E-state index < -0.39 is 5.54 Å². The van der Waals surface area contributed by atoms with Crippen LogP contribution >= 0.6 is 0 Å². The molecule has 0 bridgehead atoms. The van der Waals surface area contributed by atoms with Crippen LogP contribution in [0.1, 0.15) is 22.8 Å². The van der Waals surface area contributed by atoms with Gasteiger partial charge in [0.25, 0.3) is 5.91 Å². The van der Waals surface area contributed by atoms with Crippen LogP contribution in [0.5, 0.6) is 0 Å². The second kappa shape index (κ2) is 7.55. The molecule has 1 heterocycles. The molecule has 1 fully saturated rings. The highest BCUT2D eigenvalue weighted by atomic mass is 16.5. The Hall–Kier alpha value is -2.25. The minimum absolute atomic E-state index is 0.0425. The van der Waals surface area contributed by atoms with Crippen molar-refractivity contribution in [1.82, 2.24) is 15.5 Å². The molecule has 3 N–H and O–H groups in total. The Labute approximate surface area is 141 Å². The summed E-state index contributed by atoms with van der Waals surface area (Å²) in [7, 11) is 3.18. The normalized spacial score (nSPS) is 17.0. The van der Waals surface area contributed by atoms with E-state index in [1.54, 1.807) is 43.1 Å². The molecular formula is C17H24N4O3. The van der Waals surface area contributed by atoms with Gasteiger partial charge in [-0.15, -0.1) is 0 Å². The van der Waals surface area contributed by atoms with E-state index in [4.69, 9.17) is 10.1 Å². The molecular weight excluding hydrogens is 308 g/mol. The van der Waals surface area contributed by atoms with Gasteiger partial charge in [0, 0.05) is 25.7 Å². The Kier molecular flexibility index (Phi) is 5.69. The van der Waals surface area contributed by atoms with Crippen LogP contribution in [0.15, 0.2) is 24.3 Å². The molecule has 7 heteroatoms. The molecule has 1 aliphatic heterocycles. The quantitative estimate of drug-likeness (QED) is 0.674. The fourth-order valence-corrected chi connectivity index (χ4v) is 2.62. The smallest absolute Gasteiger partial charge is 0.254 e. The van der Waals surface area contributed by atoms with Crippen molar-refractivity contribution in [2.75, 3.05) is 40.4 Å². The molecule has 130 valence electrons. The van der Waals surface area contributed by atoms with Crippen molar-refractivity contribution in [3.8, 4) is 0 Å². The SMILES string of the molecule is CNC(=O)C(C)(NC)C(=N)c1ccc(C(=O)N2CCOCC2)cc1. The number of carbonyl (C=O) groups excluding carboxylic acids is 2. The second-order valence-electron chi connectivity index (χ2n) is 5.81. The lowest BCUT2D eigenvalue weighted by molar-refractivity contribution is -0.123. The predicted molar refractivity (Wildman–Crippen MR) is 91.5 cm³/mol. The molecule has 1 saturated heterocycles. The Morgan fingerprint density at radius 3 is 2.17 bits per heavy atom. The van der Waals surface area contributed by atoms with E-state index in [-0.39, 0.29) is 17.5 Å². The fourth-order valence-electron chi connectivity index (χ4n) is 2.62. The van der Waals surface area contributed by atoms with Gasteiger partial charge in [0.15, 0.2) is 0 Å². The van der Waals surface area contributed by atoms with E-state index in [0.29, 0.717) is 37.4 Å². The fraction of sp³-hybridized carbons (Fsp3) is 0.471. The van der Waals surface area contributed by atoms with Gasteiger partial charge in [-0.05, 0) is 31.7 Å². The second-order valence-corrected chi connectivity index (χ2v) is 5.81. The van der Waals surface area contributed by atoms with E-state index in [9.17, 15) is 9.59 Å². The van der Waals surface area contributed by atoms with Crippen molar-refractivity contribution >= 4 is 17.5 Å². The zero-order valence-electron chi connectivity index (χ0n) is 14.3. The number of benzene rings is 1. The standard InChI is InChI=1S/C17H24N4O3/c1-17(20-3,16(23)19-2)14(18)12-4-6-13(7-5-12)15(22)21-8-10-24-11-9-21/h4-7,18,20H,8-11H2,1-3H3,(H,19,23). The van der Waals surface area contributed by atoms with Gasteiger partial charge in [-0.3, -0.25) is 9.59 Å². The summed E-state index contributed by atoms with van der Waals surface area (Å²) >= 11 is 0. The highest BCUT2D eigenvalue weighted by Gasteiger charge is 2.36. The van der Waals surface area contributed by atoms with Gasteiger partial charge >= 0.3 is 0 Å². The number of hydrogen-bond donors (Lipinski definition) is 3. The molecule has 1 aromatic carbocycles. The molecule has 1 unspecified atom stereocenters. The number of nitrogens with one attached hydrogen (secondary N) is 3. The number of ether oxygens (including phenoxy) is 1. The van der Waals surface area contributed by atoms with E-state index in [0.717, 1.165) is 0 Å². The van der Waals surface area contributed by atoms with Gasteiger partial charge in [-0.2, -0.15) is 0 Å². The average Bonchev–Trinajstić information content (AvgIpc) is 2.66. The summed E-state index contributed by atoms with van der Waals surface area (Å²) in [5.74, 6) is -0.331. The molecule has 2 amide bonds. The molecule has 0 aromatic heterocycles. The Morgan fingerprint density at radius 2 is 1.67 bits per heavy atom. The topological polar surface area (TPSA) is 94.5 Å². The van der Waals surface area contributed by atoms with E-state index in [2.05, 4.69) is 10.6 Å². The molecule has 2 rings (SSSR count). The van der Waals surface area contributed by atoms with Gasteiger partial charge in [0.2, 0.25) is 5.91 Å². The highest BCUT2D eigenvalue weighted by Crippen LogP contribution is 2.16. The summed E-state index contributed by atoms with van der Waals surface area (Å²) in [5.41, 5.74) is 0.174. The maximum Gasteiger partial charge on any atom is 0.254 e. The Balaban J connectivity index is 2.17. The number of carbonyl (C=O) groups is 2. The first-order chi connectivity index (χ1) is 11.4. The zero-order valence-corrected chi connectivity index (χ0v) is 14.3. The van der Waals surface area contributed by atoms with Crippen LogP contribution in [0.2, 0.25) is 0 Å². The van der Waals surface area contributed by atoms with Gasteiger partial charge in [-0.25, -0.2) is 0 Å². The number of nitrogens with zero attached hydrogens (tertiary/aromatic N) is 1. The summed E-state index contributed by atoms with van der Waals surface area (Å²) in [4.78, 5) is 26.3. The van der Waals surface area contributed by atoms with Crippen molar-refractivity contribution in [1.29, 1.82) is 5.41 Å². The minimum Gasteiger partial charge on any atom is -0.378 e. The van der Waals surface area contributed by atoms with Crippen molar-refractivity contribution in [3.05, 3.63) is 35.4 Å². The van der Waals surface area contributed by atoms with Gasteiger partial charge in [0.05, 0.1) is 18.9 Å². The molecule has 7 nitrogen and oxygen atoms in total. The molecule has 24 heavy (non-hydrogen) atoms. The molecule has 1 aliphatic rings. The van der Waals surface area contributed by atoms with Crippen LogP contribution in [-0.2, 0) is 9.53 Å². The summed E-state index contributed by atoms with van der Waals surface area (Å²) < 4.78 is 5.25. The van der Waals surface area contributed by atoms with Crippen LogP contribution in [0.4, 0.5) is 0 Å². The lowest BCUT2D eigenvalue weighted by Gasteiger charge is -2.28. The maximum absolute atomic E-state index is 12.4. The molecule has 0 aliphatic carbocycles. The monoisotopic (exact) mass is 332 g/mol. The molecule has 0 radical (unpaired) electrons. The van der Waals surface area contributed by atoms with Crippen molar-refractivity contribution in [3.63, 3.8) is 0 Å². The number of morpholine rings is 1. The number of amides is 2. The third-order valence-electron chi connectivity index (χ3n) is 4.40. The third-order valence-corrected chi connectivity index (χ3v) is 4.40. The third kappa shape index (κ3) is 3.47. The van der Waals surface area contributed by atoms with Gasteiger partial charge < -0.3 is 25.7 Å². The first kappa shape index (κ1) is 18.1. The first-order valence-corrected chi connectivity index (χ1v) is 7.91. The predicted octanol–water partition coefficient (Wildman–Crippen LogP) is 0.251. The molecule has 0 saturated carbocycles. The summed E-state index contributed by atoms with van der Waals surface area (Å²) in [6, 6.07) is 6.80. The van der Waals surface area contributed by atoms with Gasteiger partial charge in [0.1, 0.15) is 5.54 Å². The van der Waals surface area contributed by atoms with Crippen molar-refractivity contribution in [2.24, 2.45) is 0 Å². The summed E-state index contributed by atoms with van der Waals surface area (Å²) in [6.07, 6.45) is 0. The number of hydrogen-bond acceptors (Lipinski definition) is 5. The van der Waals surface area contributed by atoms with E-state index >= 15 is 0 Å². The van der Waals surface area contributed by atoms with Crippen LogP contribution in [0.25, 0.3) is 0 Å². The van der Waals surface area contributed by atoms with E-state index in [1.165, 1.54) is 7.05 Å².